The van der Waals surface area contributed by atoms with Crippen LogP contribution >= 0.6 is 0 Å². The van der Waals surface area contributed by atoms with Gasteiger partial charge in [-0.05, 0) is 18.6 Å². The van der Waals surface area contributed by atoms with E-state index in [2.05, 4.69) is 54.5 Å². The Hall–Kier alpha value is -1.55. The van der Waals surface area contributed by atoms with E-state index in [4.69, 9.17) is 0 Å². The molecule has 1 rings (SSSR count). The van der Waals surface area contributed by atoms with Gasteiger partial charge < -0.3 is 15.5 Å². The Bertz CT molecular complexity index is 443. The summed E-state index contributed by atoms with van der Waals surface area (Å²) in [5.41, 5.74) is 3.72. The van der Waals surface area contributed by atoms with Crippen LogP contribution in [0.1, 0.15) is 31.4 Å². The molecule has 112 valence electrons. The van der Waals surface area contributed by atoms with Crippen molar-refractivity contribution >= 4 is 11.6 Å². The number of nitrogens with one attached hydrogen (secondary N) is 2. The van der Waals surface area contributed by atoms with Crippen LogP contribution in [-0.4, -0.2) is 32.6 Å². The van der Waals surface area contributed by atoms with E-state index in [0.717, 1.165) is 13.1 Å². The van der Waals surface area contributed by atoms with E-state index >= 15 is 0 Å². The molecule has 0 heterocycles. The molecule has 20 heavy (non-hydrogen) atoms. The van der Waals surface area contributed by atoms with Crippen molar-refractivity contribution in [2.45, 2.75) is 39.8 Å². The van der Waals surface area contributed by atoms with Crippen LogP contribution in [0.5, 0.6) is 0 Å². The molecule has 1 aromatic carbocycles. The molecule has 0 aromatic heterocycles. The molecule has 0 aliphatic rings. The third-order valence-corrected chi connectivity index (χ3v) is 3.30. The smallest absolute Gasteiger partial charge is 0.221 e. The predicted molar refractivity (Wildman–Crippen MR) is 85.1 cm³/mol. The van der Waals surface area contributed by atoms with Gasteiger partial charge in [0.1, 0.15) is 0 Å². The fourth-order valence-corrected chi connectivity index (χ4v) is 2.06. The summed E-state index contributed by atoms with van der Waals surface area (Å²) in [6, 6.07) is 6.92. The molecule has 0 aliphatic heterocycles. The predicted octanol–water partition coefficient (Wildman–Crippen LogP) is 2.07. The first-order valence-corrected chi connectivity index (χ1v) is 7.18. The van der Waals surface area contributed by atoms with Gasteiger partial charge in [-0.3, -0.25) is 4.79 Å². The van der Waals surface area contributed by atoms with Crippen molar-refractivity contribution < 1.29 is 4.79 Å². The van der Waals surface area contributed by atoms with Gasteiger partial charge in [0.2, 0.25) is 5.91 Å². The molecule has 4 nitrogen and oxygen atoms in total. The number of hydrogen-bond acceptors (Lipinski definition) is 3. The Kier molecular flexibility index (Phi) is 6.52. The minimum Gasteiger partial charge on any atom is -0.374 e. The molecule has 0 saturated carbocycles. The summed E-state index contributed by atoms with van der Waals surface area (Å²) in [4.78, 5) is 13.5. The average Bonchev–Trinajstić information content (AvgIpc) is 2.42. The molecule has 1 amide bonds. The molecule has 0 unspecified atom stereocenters. The third kappa shape index (κ3) is 5.21. The van der Waals surface area contributed by atoms with Crippen molar-refractivity contribution in [3.05, 3.63) is 29.3 Å². The molecule has 4 heteroatoms. The van der Waals surface area contributed by atoms with Crippen LogP contribution in [0.3, 0.4) is 0 Å². The molecular weight excluding hydrogens is 250 g/mol. The van der Waals surface area contributed by atoms with Crippen LogP contribution in [0, 0.1) is 6.92 Å². The normalized spacial score (nSPS) is 10.7. The highest BCUT2D eigenvalue weighted by atomic mass is 16.1. The number of carbonyl (C=O) groups excluding carboxylic acids is 1. The highest BCUT2D eigenvalue weighted by molar-refractivity contribution is 5.76. The first kappa shape index (κ1) is 16.5. The maximum atomic E-state index is 11.4. The fourth-order valence-electron chi connectivity index (χ4n) is 2.06. The van der Waals surface area contributed by atoms with E-state index in [9.17, 15) is 4.79 Å². The van der Waals surface area contributed by atoms with Crippen LogP contribution in [-0.2, 0) is 11.3 Å². The number of rotatable bonds is 7. The van der Waals surface area contributed by atoms with Gasteiger partial charge in [0, 0.05) is 45.3 Å². The maximum absolute atomic E-state index is 11.4. The van der Waals surface area contributed by atoms with E-state index in [1.807, 2.05) is 7.05 Å². The Morgan fingerprint density at radius 1 is 1.35 bits per heavy atom. The Balaban J connectivity index is 2.78. The van der Waals surface area contributed by atoms with Crippen LogP contribution in [0.4, 0.5) is 5.69 Å². The van der Waals surface area contributed by atoms with Crippen LogP contribution in [0.25, 0.3) is 0 Å². The molecule has 0 saturated heterocycles. The lowest BCUT2D eigenvalue weighted by atomic mass is 10.1. The summed E-state index contributed by atoms with van der Waals surface area (Å²) in [7, 11) is 3.71. The summed E-state index contributed by atoms with van der Waals surface area (Å²) in [5, 5.41) is 6.11. The van der Waals surface area contributed by atoms with Crippen LogP contribution < -0.4 is 15.5 Å². The lowest BCUT2D eigenvalue weighted by molar-refractivity contribution is -0.120. The van der Waals surface area contributed by atoms with Gasteiger partial charge in [0.05, 0.1) is 0 Å². The minimum absolute atomic E-state index is 0.0748. The summed E-state index contributed by atoms with van der Waals surface area (Å²) in [5.74, 6) is 0.0748. The summed E-state index contributed by atoms with van der Waals surface area (Å²) >= 11 is 0. The number of carbonyl (C=O) groups is 1. The lowest BCUT2D eigenvalue weighted by Gasteiger charge is -2.23. The van der Waals surface area contributed by atoms with E-state index in [-0.39, 0.29) is 5.91 Å². The van der Waals surface area contributed by atoms with E-state index in [1.165, 1.54) is 16.8 Å². The molecule has 0 spiro atoms. The van der Waals surface area contributed by atoms with Crippen LogP contribution in [0.15, 0.2) is 18.2 Å². The zero-order chi connectivity index (χ0) is 15.1. The number of aryl methyl sites for hydroxylation is 1. The van der Waals surface area contributed by atoms with Gasteiger partial charge in [0.15, 0.2) is 0 Å². The topological polar surface area (TPSA) is 44.4 Å². The zero-order valence-electron chi connectivity index (χ0n) is 13.3. The summed E-state index contributed by atoms with van der Waals surface area (Å²) < 4.78 is 0. The van der Waals surface area contributed by atoms with Crippen molar-refractivity contribution in [3.63, 3.8) is 0 Å². The van der Waals surface area contributed by atoms with Crippen molar-refractivity contribution in [1.82, 2.24) is 10.6 Å². The lowest BCUT2D eigenvalue weighted by Crippen LogP contribution is -2.28. The van der Waals surface area contributed by atoms with Crippen molar-refractivity contribution in [2.75, 3.05) is 25.5 Å². The Labute approximate surface area is 122 Å². The quantitative estimate of drug-likeness (QED) is 0.802. The summed E-state index contributed by atoms with van der Waals surface area (Å²) in [6.45, 7) is 7.96. The molecular formula is C16H27N3O. The fraction of sp³-hybridized carbons (Fsp3) is 0.562. The Morgan fingerprint density at radius 2 is 2.05 bits per heavy atom. The number of nitrogens with zero attached hydrogens (tertiary/aromatic N) is 1. The molecule has 0 aliphatic carbocycles. The van der Waals surface area contributed by atoms with Crippen LogP contribution in [0.2, 0.25) is 0 Å². The molecule has 1 aromatic rings. The van der Waals surface area contributed by atoms with E-state index < -0.39 is 0 Å². The molecule has 2 N–H and O–H groups in total. The van der Waals surface area contributed by atoms with Gasteiger partial charge in [-0.15, -0.1) is 0 Å². The van der Waals surface area contributed by atoms with E-state index in [0.29, 0.717) is 12.5 Å². The largest absolute Gasteiger partial charge is 0.374 e. The second-order valence-electron chi connectivity index (χ2n) is 5.51. The van der Waals surface area contributed by atoms with Gasteiger partial charge in [-0.25, -0.2) is 0 Å². The maximum Gasteiger partial charge on any atom is 0.221 e. The first-order chi connectivity index (χ1) is 9.43. The Morgan fingerprint density at radius 3 is 2.65 bits per heavy atom. The molecule has 0 radical (unpaired) electrons. The second-order valence-corrected chi connectivity index (χ2v) is 5.51. The van der Waals surface area contributed by atoms with Gasteiger partial charge in [0.25, 0.3) is 0 Å². The molecule has 0 atom stereocenters. The van der Waals surface area contributed by atoms with Gasteiger partial charge in [-0.1, -0.05) is 31.5 Å². The van der Waals surface area contributed by atoms with Crippen molar-refractivity contribution in [2.24, 2.45) is 0 Å². The van der Waals surface area contributed by atoms with Crippen molar-refractivity contribution in [1.29, 1.82) is 0 Å². The monoisotopic (exact) mass is 277 g/mol. The highest BCUT2D eigenvalue weighted by Gasteiger charge is 2.09. The van der Waals surface area contributed by atoms with Gasteiger partial charge in [-0.2, -0.15) is 0 Å². The number of anilines is 1. The average molecular weight is 277 g/mol. The molecule has 0 bridgehead atoms. The first-order valence-electron chi connectivity index (χ1n) is 7.18. The minimum atomic E-state index is 0.0748. The second kappa shape index (κ2) is 7.90. The third-order valence-electron chi connectivity index (χ3n) is 3.30. The van der Waals surface area contributed by atoms with Gasteiger partial charge >= 0.3 is 0 Å². The number of benzene rings is 1. The number of hydrogen-bond donors (Lipinski definition) is 2. The highest BCUT2D eigenvalue weighted by Crippen LogP contribution is 2.21. The molecule has 0 fully saturated rings. The standard InChI is InChI=1S/C16H27N3O/c1-12(2)18-11-14-10-13(3)6-7-15(14)19(5)9-8-16(20)17-4/h6-7,10,12,18H,8-9,11H2,1-5H3,(H,17,20). The van der Waals surface area contributed by atoms with E-state index in [1.54, 1.807) is 7.05 Å². The van der Waals surface area contributed by atoms with Crippen molar-refractivity contribution in [3.8, 4) is 0 Å². The SMILES string of the molecule is CNC(=O)CCN(C)c1ccc(C)cc1CNC(C)C. The number of amides is 1. The summed E-state index contributed by atoms with van der Waals surface area (Å²) in [6.07, 6.45) is 0.512. The zero-order valence-corrected chi connectivity index (χ0v) is 13.3.